The fourth-order valence-corrected chi connectivity index (χ4v) is 9.17. The van der Waals surface area contributed by atoms with Crippen LogP contribution in [0.1, 0.15) is 27.8 Å². The Morgan fingerprint density at radius 2 is 0.703 bits per heavy atom. The van der Waals surface area contributed by atoms with Crippen molar-refractivity contribution in [3.05, 3.63) is 282 Å². The van der Waals surface area contributed by atoms with Crippen LogP contribution in [-0.2, 0) is 12.8 Å². The maximum Gasteiger partial charge on any atom is 0.145 e. The highest BCUT2D eigenvalue weighted by Gasteiger charge is 2.17. The average Bonchev–Trinajstić information content (AvgIpc) is 4.04. The fraction of sp³-hybridized carbons (Fsp3) is 0.0606. The zero-order valence-electron chi connectivity index (χ0n) is 40.9. The third-order valence-corrected chi connectivity index (χ3v) is 13.1. The summed E-state index contributed by atoms with van der Waals surface area (Å²) in [6.45, 7) is 2.11. The van der Waals surface area contributed by atoms with E-state index in [1.807, 2.05) is 48.5 Å². The molecule has 8 heteroatoms. The SMILES string of the molecule is COc1ccc(-c2nc3ccccc3n2-c2ccc(-c3ccc(-n4c(-c5ccc(Oc6ccc(Cc7ccc(C)cc7)cc6)cc5)nc5ccccc54)cc3)cc2)cc1.Fc1ccc(Cc2ccc(F)cc2)cc1. The van der Waals surface area contributed by atoms with E-state index in [-0.39, 0.29) is 11.6 Å². The highest BCUT2D eigenvalue weighted by molar-refractivity contribution is 5.85. The molecule has 6 nitrogen and oxygen atoms in total. The first-order valence-corrected chi connectivity index (χ1v) is 24.5. The molecular weight excluding hydrogens is 919 g/mol. The van der Waals surface area contributed by atoms with Crippen LogP contribution in [0.25, 0.3) is 67.3 Å². The molecule has 74 heavy (non-hydrogen) atoms. The first kappa shape index (κ1) is 47.0. The molecule has 10 aromatic carbocycles. The molecule has 12 rings (SSSR count). The lowest BCUT2D eigenvalue weighted by Gasteiger charge is -2.13. The van der Waals surface area contributed by atoms with Gasteiger partial charge in [-0.1, -0.05) is 115 Å². The van der Waals surface area contributed by atoms with Crippen LogP contribution in [0.5, 0.6) is 17.2 Å². The Morgan fingerprint density at radius 3 is 1.11 bits per heavy atom. The van der Waals surface area contributed by atoms with E-state index < -0.39 is 0 Å². The number of nitrogens with zero attached hydrogens (tertiary/aromatic N) is 4. The van der Waals surface area contributed by atoms with Crippen molar-refractivity contribution < 1.29 is 18.3 Å². The number of para-hydroxylation sites is 4. The van der Waals surface area contributed by atoms with Crippen molar-refractivity contribution in [3.63, 3.8) is 0 Å². The lowest BCUT2D eigenvalue weighted by molar-refractivity contribution is 0.415. The Balaban J connectivity index is 0.000000336. The van der Waals surface area contributed by atoms with E-state index in [9.17, 15) is 8.78 Å². The molecule has 2 aromatic heterocycles. The topological polar surface area (TPSA) is 54.1 Å². The van der Waals surface area contributed by atoms with Crippen molar-refractivity contribution in [1.29, 1.82) is 0 Å². The van der Waals surface area contributed by atoms with Gasteiger partial charge in [-0.25, -0.2) is 18.7 Å². The smallest absolute Gasteiger partial charge is 0.145 e. The number of hydrogen-bond donors (Lipinski definition) is 0. The number of imidazole rings is 2. The van der Waals surface area contributed by atoms with Crippen LogP contribution in [0.2, 0.25) is 0 Å². The number of aromatic nitrogens is 4. The van der Waals surface area contributed by atoms with Gasteiger partial charge in [-0.15, -0.1) is 0 Å². The number of ether oxygens (including phenoxy) is 2. The van der Waals surface area contributed by atoms with Gasteiger partial charge in [0, 0.05) is 22.5 Å². The number of rotatable bonds is 12. The molecule has 0 N–H and O–H groups in total. The molecule has 0 amide bonds. The summed E-state index contributed by atoms with van der Waals surface area (Å²) in [7, 11) is 1.68. The van der Waals surface area contributed by atoms with Crippen LogP contribution in [0.4, 0.5) is 8.78 Å². The van der Waals surface area contributed by atoms with Crippen molar-refractivity contribution in [3.8, 4) is 62.5 Å². The second-order valence-corrected chi connectivity index (χ2v) is 18.2. The van der Waals surface area contributed by atoms with Crippen LogP contribution < -0.4 is 9.47 Å². The first-order valence-electron chi connectivity index (χ1n) is 24.5. The van der Waals surface area contributed by atoms with Crippen LogP contribution in [0.3, 0.4) is 0 Å². The quantitative estimate of drug-likeness (QED) is 0.122. The third-order valence-electron chi connectivity index (χ3n) is 13.1. The van der Waals surface area contributed by atoms with Gasteiger partial charge in [0.25, 0.3) is 0 Å². The van der Waals surface area contributed by atoms with Crippen molar-refractivity contribution in [1.82, 2.24) is 19.1 Å². The van der Waals surface area contributed by atoms with E-state index in [0.29, 0.717) is 6.42 Å². The second-order valence-electron chi connectivity index (χ2n) is 18.2. The Kier molecular flexibility index (Phi) is 13.4. The van der Waals surface area contributed by atoms with E-state index in [4.69, 9.17) is 19.4 Å². The summed E-state index contributed by atoms with van der Waals surface area (Å²) in [5.74, 6) is 3.68. The molecule has 0 fully saturated rings. The molecule has 0 saturated carbocycles. The summed E-state index contributed by atoms with van der Waals surface area (Å²) in [4.78, 5) is 10.1. The molecule has 0 saturated heterocycles. The summed E-state index contributed by atoms with van der Waals surface area (Å²) in [6, 6.07) is 79.9. The zero-order valence-corrected chi connectivity index (χ0v) is 40.9. The number of halogens is 2. The van der Waals surface area contributed by atoms with Crippen LogP contribution >= 0.6 is 0 Å². The Morgan fingerprint density at radius 1 is 0.365 bits per heavy atom. The van der Waals surface area contributed by atoms with Gasteiger partial charge in [0.05, 0.1) is 29.2 Å². The molecule has 0 aliphatic carbocycles. The van der Waals surface area contributed by atoms with Crippen molar-refractivity contribution in [2.45, 2.75) is 19.8 Å². The second kappa shape index (κ2) is 21.1. The maximum atomic E-state index is 12.6. The van der Waals surface area contributed by atoms with E-state index in [1.165, 1.54) is 41.0 Å². The maximum absolute atomic E-state index is 12.6. The van der Waals surface area contributed by atoms with Gasteiger partial charge in [-0.2, -0.15) is 0 Å². The number of benzene rings is 10. The minimum Gasteiger partial charge on any atom is -0.497 e. The van der Waals surface area contributed by atoms with Crippen molar-refractivity contribution in [2.24, 2.45) is 0 Å². The van der Waals surface area contributed by atoms with Crippen LogP contribution in [0, 0.1) is 18.6 Å². The van der Waals surface area contributed by atoms with Gasteiger partial charge >= 0.3 is 0 Å². The highest BCUT2D eigenvalue weighted by atomic mass is 19.1. The van der Waals surface area contributed by atoms with E-state index in [1.54, 1.807) is 31.4 Å². The fourth-order valence-electron chi connectivity index (χ4n) is 9.17. The molecule has 12 aromatic rings. The average molecular weight is 969 g/mol. The highest BCUT2D eigenvalue weighted by Crippen LogP contribution is 2.34. The standard InChI is InChI=1S/C53H40N4O2.C13H10F2/c1-36-11-13-37(14-12-36)35-38-15-29-46(30-16-38)59-47-33-23-42(24-34-47)53-55-49-8-4-6-10-51(49)57(53)44-27-19-40(20-28-44)39-17-25-43(26-18-39)56-50-9-5-3-7-48(50)54-52(56)41-21-31-45(58-2)32-22-41;14-12-5-1-10(2-6-12)9-11-3-7-13(15)8-4-11/h3-34H,35H2,1-2H3;1-8H,9H2. The van der Waals surface area contributed by atoms with Crippen LogP contribution in [-0.4, -0.2) is 26.2 Å². The molecule has 0 unspecified atom stereocenters. The van der Waals surface area contributed by atoms with Gasteiger partial charge < -0.3 is 9.47 Å². The molecule has 0 aliphatic heterocycles. The number of aryl methyl sites for hydroxylation is 1. The molecule has 360 valence electrons. The van der Waals surface area contributed by atoms with Crippen LogP contribution in [0.15, 0.2) is 243 Å². The molecule has 0 spiro atoms. The van der Waals surface area contributed by atoms with Gasteiger partial charge in [0.1, 0.15) is 40.5 Å². The summed E-state index contributed by atoms with van der Waals surface area (Å²) in [5.41, 5.74) is 16.2. The number of hydrogen-bond acceptors (Lipinski definition) is 4. The largest absolute Gasteiger partial charge is 0.497 e. The van der Waals surface area contributed by atoms with E-state index in [0.717, 1.165) is 102 Å². The first-order chi connectivity index (χ1) is 36.3. The van der Waals surface area contributed by atoms with Gasteiger partial charge in [0.2, 0.25) is 0 Å². The minimum atomic E-state index is -0.238. The van der Waals surface area contributed by atoms with Gasteiger partial charge in [-0.3, -0.25) is 9.13 Å². The third kappa shape index (κ3) is 10.5. The Labute approximate surface area is 429 Å². The summed E-state index contributed by atoms with van der Waals surface area (Å²) < 4.78 is 41.4. The van der Waals surface area contributed by atoms with Gasteiger partial charge in [-0.05, 0) is 187 Å². The molecule has 0 bridgehead atoms. The summed E-state index contributed by atoms with van der Waals surface area (Å²) >= 11 is 0. The van der Waals surface area contributed by atoms with Gasteiger partial charge in [0.15, 0.2) is 0 Å². The van der Waals surface area contributed by atoms with E-state index >= 15 is 0 Å². The Bertz CT molecular complexity index is 3770. The zero-order chi connectivity index (χ0) is 50.4. The lowest BCUT2D eigenvalue weighted by Crippen LogP contribution is -1.98. The molecule has 0 aliphatic rings. The predicted molar refractivity (Wildman–Crippen MR) is 295 cm³/mol. The Hall–Kier alpha value is -9.40. The molecule has 0 radical (unpaired) electrons. The normalized spacial score (nSPS) is 11.1. The van der Waals surface area contributed by atoms with E-state index in [2.05, 4.69) is 162 Å². The summed E-state index contributed by atoms with van der Waals surface area (Å²) in [6.07, 6.45) is 1.59. The summed E-state index contributed by atoms with van der Waals surface area (Å²) in [5, 5.41) is 0. The molecular formula is C66H50F2N4O2. The van der Waals surface area contributed by atoms with Crippen molar-refractivity contribution >= 4 is 22.1 Å². The molecule has 0 atom stereocenters. The monoisotopic (exact) mass is 968 g/mol. The van der Waals surface area contributed by atoms with Crippen molar-refractivity contribution in [2.75, 3.05) is 7.11 Å². The number of methoxy groups -OCH3 is 1. The molecule has 2 heterocycles. The minimum absolute atomic E-state index is 0.238. The number of fused-ring (bicyclic) bond motifs is 2. The predicted octanol–water partition coefficient (Wildman–Crippen LogP) is 16.6. The lowest BCUT2D eigenvalue weighted by atomic mass is 10.0.